The molecule has 4 rings (SSSR count). The standard InChI is InChI=1S/C45H73N9Si/c1-29-30(2)32(4)45(31(29)3)55(33-23-36(46(5)6)42(52(17)18)37(24-33)47(7)8,34-25-38(48(9)10)43(53(19)20)39(26-34)49(11)12)35-27-40(50(13)14)44(54(21)22)41(28-35)51(15)16/h23-28,45H,1-22H3. The Morgan fingerprint density at radius 1 is 0.309 bits per heavy atom. The van der Waals surface area contributed by atoms with Crippen LogP contribution >= 0.6 is 0 Å². The van der Waals surface area contributed by atoms with Gasteiger partial charge in [-0.2, -0.15) is 0 Å². The van der Waals surface area contributed by atoms with Gasteiger partial charge in [0.05, 0.1) is 51.2 Å². The normalized spacial score (nSPS) is 13.4. The monoisotopic (exact) mass is 768 g/mol. The lowest BCUT2D eigenvalue weighted by Gasteiger charge is -2.44. The summed E-state index contributed by atoms with van der Waals surface area (Å²) in [5, 5.41) is 4.20. The van der Waals surface area contributed by atoms with Crippen LogP contribution in [0, 0.1) is 0 Å². The van der Waals surface area contributed by atoms with Gasteiger partial charge in [0.25, 0.3) is 0 Å². The van der Waals surface area contributed by atoms with Crippen LogP contribution in [0.4, 0.5) is 51.2 Å². The molecule has 10 heteroatoms. The molecular weight excluding hydrogens is 695 g/mol. The van der Waals surface area contributed by atoms with E-state index >= 15 is 0 Å². The molecule has 9 nitrogen and oxygen atoms in total. The Morgan fingerprint density at radius 3 is 0.636 bits per heavy atom. The molecule has 3 aromatic rings. The maximum absolute atomic E-state index is 3.17. The van der Waals surface area contributed by atoms with E-state index in [1.807, 2.05) is 0 Å². The number of hydrogen-bond donors (Lipinski definition) is 0. The molecule has 0 heterocycles. The van der Waals surface area contributed by atoms with Gasteiger partial charge in [-0.05, 0) is 90.8 Å². The lowest BCUT2D eigenvalue weighted by molar-refractivity contribution is 1.04. The van der Waals surface area contributed by atoms with Crippen LogP contribution in [-0.2, 0) is 0 Å². The average Bonchev–Trinajstić information content (AvgIpc) is 3.28. The van der Waals surface area contributed by atoms with Gasteiger partial charge in [-0.15, -0.1) is 0 Å². The van der Waals surface area contributed by atoms with Gasteiger partial charge >= 0.3 is 0 Å². The summed E-state index contributed by atoms with van der Waals surface area (Å²) in [6.45, 7) is 9.52. The second kappa shape index (κ2) is 16.0. The van der Waals surface area contributed by atoms with Gasteiger partial charge in [-0.1, -0.05) is 11.1 Å². The number of benzene rings is 3. The van der Waals surface area contributed by atoms with Crippen molar-refractivity contribution >= 4 is 74.8 Å². The van der Waals surface area contributed by atoms with E-state index in [-0.39, 0.29) is 5.54 Å². The minimum absolute atomic E-state index is 0.174. The first-order valence-corrected chi connectivity index (χ1v) is 21.5. The van der Waals surface area contributed by atoms with Gasteiger partial charge in [0.15, 0.2) is 8.07 Å². The molecule has 0 aromatic heterocycles. The van der Waals surface area contributed by atoms with Crippen LogP contribution in [0.15, 0.2) is 58.7 Å². The molecule has 1 aliphatic carbocycles. The molecule has 55 heavy (non-hydrogen) atoms. The highest BCUT2D eigenvalue weighted by Gasteiger charge is 2.52. The van der Waals surface area contributed by atoms with Gasteiger partial charge in [0.2, 0.25) is 0 Å². The smallest absolute Gasteiger partial charge is 0.159 e. The summed E-state index contributed by atoms with van der Waals surface area (Å²) in [6, 6.07) is 15.3. The van der Waals surface area contributed by atoms with E-state index in [1.165, 1.54) is 89.0 Å². The summed E-state index contributed by atoms with van der Waals surface area (Å²) in [7, 11) is 36.1. The number of anilines is 9. The Kier molecular flexibility index (Phi) is 12.6. The maximum atomic E-state index is 2.55. The maximum Gasteiger partial charge on any atom is 0.159 e. The zero-order chi connectivity index (χ0) is 41.8. The highest BCUT2D eigenvalue weighted by molar-refractivity contribution is 7.13. The Morgan fingerprint density at radius 2 is 0.491 bits per heavy atom. The van der Waals surface area contributed by atoms with Crippen molar-refractivity contribution in [2.24, 2.45) is 0 Å². The molecule has 3 aromatic carbocycles. The quantitative estimate of drug-likeness (QED) is 0.158. The van der Waals surface area contributed by atoms with Crippen LogP contribution in [0.3, 0.4) is 0 Å². The fourth-order valence-corrected chi connectivity index (χ4v) is 14.8. The van der Waals surface area contributed by atoms with Crippen molar-refractivity contribution < 1.29 is 0 Å². The van der Waals surface area contributed by atoms with E-state index in [0.29, 0.717) is 0 Å². The van der Waals surface area contributed by atoms with Gasteiger partial charge in [0, 0.05) is 132 Å². The van der Waals surface area contributed by atoms with Crippen molar-refractivity contribution in [2.75, 3.05) is 171 Å². The molecule has 0 N–H and O–H groups in total. The molecule has 0 unspecified atom stereocenters. The lowest BCUT2D eigenvalue weighted by atomic mass is 10.1. The van der Waals surface area contributed by atoms with Crippen molar-refractivity contribution in [1.29, 1.82) is 0 Å². The van der Waals surface area contributed by atoms with Gasteiger partial charge in [-0.25, -0.2) is 0 Å². The third kappa shape index (κ3) is 7.34. The summed E-state index contributed by atoms with van der Waals surface area (Å²) >= 11 is 0. The van der Waals surface area contributed by atoms with Crippen molar-refractivity contribution in [1.82, 2.24) is 0 Å². The van der Waals surface area contributed by atoms with E-state index in [9.17, 15) is 0 Å². The van der Waals surface area contributed by atoms with Crippen LogP contribution in [0.2, 0.25) is 5.54 Å². The number of rotatable bonds is 13. The molecule has 0 amide bonds. The van der Waals surface area contributed by atoms with Gasteiger partial charge in [-0.3, -0.25) is 0 Å². The van der Waals surface area contributed by atoms with Crippen LogP contribution in [0.5, 0.6) is 0 Å². The molecule has 302 valence electrons. The first-order chi connectivity index (χ1) is 25.4. The van der Waals surface area contributed by atoms with Crippen LogP contribution < -0.4 is 59.7 Å². The Hall–Kier alpha value is -4.44. The van der Waals surface area contributed by atoms with E-state index in [0.717, 1.165) is 0 Å². The van der Waals surface area contributed by atoms with E-state index < -0.39 is 8.07 Å². The van der Waals surface area contributed by atoms with Crippen molar-refractivity contribution in [2.45, 2.75) is 33.2 Å². The Balaban J connectivity index is 2.56. The fraction of sp³-hybridized carbons (Fsp3) is 0.511. The molecule has 0 atom stereocenters. The van der Waals surface area contributed by atoms with E-state index in [1.54, 1.807) is 0 Å². The van der Waals surface area contributed by atoms with Crippen molar-refractivity contribution in [3.63, 3.8) is 0 Å². The summed E-state index contributed by atoms with van der Waals surface area (Å²) in [5.74, 6) is 0. The zero-order valence-electron chi connectivity index (χ0n) is 38.6. The SMILES string of the molecule is CC1=C(C)C([Si](c2cc(N(C)C)c(N(C)C)c(N(C)C)c2)(c2cc(N(C)C)c(N(C)C)c(N(C)C)c2)c2cc(N(C)C)c(N(C)C)c(N(C)C)c2)C(C)=C1C. The number of allylic oxidation sites excluding steroid dienone is 4. The predicted molar refractivity (Wildman–Crippen MR) is 253 cm³/mol. The molecule has 0 saturated carbocycles. The molecule has 0 spiro atoms. The summed E-state index contributed by atoms with van der Waals surface area (Å²) in [4.78, 5) is 20.7. The molecule has 0 bridgehead atoms. The molecule has 0 fully saturated rings. The lowest BCUT2D eigenvalue weighted by Crippen LogP contribution is -2.70. The summed E-state index contributed by atoms with van der Waals surface area (Å²) < 4.78 is 0. The molecule has 0 radical (unpaired) electrons. The number of nitrogens with zero attached hydrogens (tertiary/aromatic N) is 9. The zero-order valence-corrected chi connectivity index (χ0v) is 39.6. The summed E-state index contributed by atoms with van der Waals surface area (Å²) in [5.41, 5.74) is 16.9. The van der Waals surface area contributed by atoms with E-state index in [4.69, 9.17) is 0 Å². The molecular formula is C45H73N9Si. The predicted octanol–water partition coefficient (Wildman–Crippen LogP) is 5.81. The fourth-order valence-electron chi connectivity index (χ4n) is 8.91. The first-order valence-electron chi connectivity index (χ1n) is 19.4. The molecule has 0 saturated heterocycles. The topological polar surface area (TPSA) is 29.2 Å². The van der Waals surface area contributed by atoms with Gasteiger partial charge in [0.1, 0.15) is 0 Å². The van der Waals surface area contributed by atoms with Crippen molar-refractivity contribution in [3.8, 4) is 0 Å². The molecule has 0 aliphatic heterocycles. The average molecular weight is 768 g/mol. The number of hydrogen-bond acceptors (Lipinski definition) is 9. The third-order valence-corrected chi connectivity index (χ3v) is 17.2. The van der Waals surface area contributed by atoms with Gasteiger partial charge < -0.3 is 44.1 Å². The second-order valence-corrected chi connectivity index (χ2v) is 21.4. The highest BCUT2D eigenvalue weighted by atomic mass is 28.3. The van der Waals surface area contributed by atoms with Crippen LogP contribution in [-0.4, -0.2) is 135 Å². The Labute approximate surface area is 336 Å². The minimum atomic E-state index is -3.17. The largest absolute Gasteiger partial charge is 0.376 e. The minimum Gasteiger partial charge on any atom is -0.376 e. The third-order valence-electron chi connectivity index (χ3n) is 11.9. The first kappa shape index (κ1) is 43.3. The second-order valence-electron chi connectivity index (χ2n) is 17.5. The van der Waals surface area contributed by atoms with Crippen LogP contribution in [0.25, 0.3) is 0 Å². The molecule has 1 aliphatic rings. The van der Waals surface area contributed by atoms with Crippen LogP contribution in [0.1, 0.15) is 27.7 Å². The van der Waals surface area contributed by atoms with E-state index in [2.05, 4.69) is 235 Å². The summed E-state index contributed by atoms with van der Waals surface area (Å²) in [6.07, 6.45) is 0. The van der Waals surface area contributed by atoms with Crippen molar-refractivity contribution in [3.05, 3.63) is 58.7 Å². The highest BCUT2D eigenvalue weighted by Crippen LogP contribution is 2.50. The Bertz CT molecular complexity index is 1670.